The predicted octanol–water partition coefficient (Wildman–Crippen LogP) is 5.79. The summed E-state index contributed by atoms with van der Waals surface area (Å²) in [6.07, 6.45) is 4.74. The SMILES string of the molecule is CCOc1c(CCc2nc(Cl)c3c(N)nccn23)cc(Cl)c(C)c1-c1ccc(OC)cc1. The molecule has 0 atom stereocenters. The molecule has 0 fully saturated rings. The number of aromatic nitrogens is 3. The zero-order valence-electron chi connectivity index (χ0n) is 18.2. The van der Waals surface area contributed by atoms with Crippen molar-refractivity contribution in [1.82, 2.24) is 14.4 Å². The molecule has 2 heterocycles. The van der Waals surface area contributed by atoms with E-state index in [2.05, 4.69) is 9.97 Å². The monoisotopic (exact) mass is 470 g/mol. The molecule has 0 saturated heterocycles. The van der Waals surface area contributed by atoms with Crippen LogP contribution in [0.2, 0.25) is 10.2 Å². The zero-order chi connectivity index (χ0) is 22.8. The fraction of sp³-hybridized carbons (Fsp3) is 0.250. The van der Waals surface area contributed by atoms with Gasteiger partial charge in [-0.15, -0.1) is 0 Å². The summed E-state index contributed by atoms with van der Waals surface area (Å²) < 4.78 is 13.3. The van der Waals surface area contributed by atoms with Crippen molar-refractivity contribution in [2.24, 2.45) is 0 Å². The molecule has 4 rings (SSSR count). The van der Waals surface area contributed by atoms with E-state index in [1.807, 2.05) is 54.8 Å². The lowest BCUT2D eigenvalue weighted by Crippen LogP contribution is -2.05. The highest BCUT2D eigenvalue weighted by Gasteiger charge is 2.19. The summed E-state index contributed by atoms with van der Waals surface area (Å²) in [7, 11) is 1.65. The number of methoxy groups -OCH3 is 1. The highest BCUT2D eigenvalue weighted by Crippen LogP contribution is 2.41. The highest BCUT2D eigenvalue weighted by molar-refractivity contribution is 6.33. The van der Waals surface area contributed by atoms with Crippen LogP contribution in [0.3, 0.4) is 0 Å². The van der Waals surface area contributed by atoms with Crippen LogP contribution in [-0.2, 0) is 12.8 Å². The third kappa shape index (κ3) is 4.08. The number of nitrogens with two attached hydrogens (primary N) is 1. The standard InChI is InChI=1S/C24H24Cl2N4O2/c1-4-32-22-16(7-10-19-29-23(26)21-24(27)28-11-12-30(19)21)13-18(25)14(2)20(22)15-5-8-17(31-3)9-6-15/h5-6,8-9,11-13H,4,7,10H2,1-3H3,(H2,27,28). The van der Waals surface area contributed by atoms with Gasteiger partial charge in [-0.3, -0.25) is 4.40 Å². The molecule has 32 heavy (non-hydrogen) atoms. The van der Waals surface area contributed by atoms with Crippen molar-refractivity contribution in [2.75, 3.05) is 19.5 Å². The van der Waals surface area contributed by atoms with Crippen molar-refractivity contribution >= 4 is 34.5 Å². The van der Waals surface area contributed by atoms with Gasteiger partial charge >= 0.3 is 0 Å². The third-order valence-corrected chi connectivity index (χ3v) is 6.11. The molecule has 0 aliphatic rings. The number of nitrogens with zero attached hydrogens (tertiary/aromatic N) is 3. The Bertz CT molecular complexity index is 1270. The predicted molar refractivity (Wildman–Crippen MR) is 129 cm³/mol. The molecule has 166 valence electrons. The molecular weight excluding hydrogens is 447 g/mol. The number of anilines is 1. The number of hydrogen-bond acceptors (Lipinski definition) is 5. The van der Waals surface area contributed by atoms with Gasteiger partial charge in [-0.2, -0.15) is 0 Å². The van der Waals surface area contributed by atoms with Crippen LogP contribution in [0, 0.1) is 6.92 Å². The van der Waals surface area contributed by atoms with Gasteiger partial charge in [0.2, 0.25) is 0 Å². The number of halogens is 2. The smallest absolute Gasteiger partial charge is 0.158 e. The number of imidazole rings is 1. The number of benzene rings is 2. The van der Waals surface area contributed by atoms with Crippen molar-refractivity contribution in [2.45, 2.75) is 26.7 Å². The molecule has 0 aliphatic heterocycles. The molecule has 2 aromatic carbocycles. The highest BCUT2D eigenvalue weighted by atomic mass is 35.5. The van der Waals surface area contributed by atoms with Gasteiger partial charge in [0.05, 0.1) is 13.7 Å². The van der Waals surface area contributed by atoms with Crippen LogP contribution in [-0.4, -0.2) is 28.1 Å². The second-order valence-electron chi connectivity index (χ2n) is 7.36. The Morgan fingerprint density at radius 1 is 1.12 bits per heavy atom. The summed E-state index contributed by atoms with van der Waals surface area (Å²) in [6, 6.07) is 9.87. The number of hydrogen-bond donors (Lipinski definition) is 1. The van der Waals surface area contributed by atoms with E-state index in [1.54, 1.807) is 13.3 Å². The average Bonchev–Trinajstić information content (AvgIpc) is 3.12. The normalized spacial score (nSPS) is 11.2. The van der Waals surface area contributed by atoms with E-state index in [0.717, 1.165) is 39.6 Å². The Balaban J connectivity index is 1.76. The van der Waals surface area contributed by atoms with Gasteiger partial charge in [-0.05, 0) is 55.2 Å². The fourth-order valence-corrected chi connectivity index (χ4v) is 4.39. The lowest BCUT2D eigenvalue weighted by Gasteiger charge is -2.19. The van der Waals surface area contributed by atoms with Crippen molar-refractivity contribution in [3.8, 4) is 22.6 Å². The van der Waals surface area contributed by atoms with Gasteiger partial charge in [0.1, 0.15) is 22.8 Å². The van der Waals surface area contributed by atoms with E-state index in [-0.39, 0.29) is 0 Å². The largest absolute Gasteiger partial charge is 0.497 e. The minimum Gasteiger partial charge on any atom is -0.497 e. The number of fused-ring (bicyclic) bond motifs is 1. The Kier molecular flexibility index (Phi) is 6.44. The van der Waals surface area contributed by atoms with Crippen LogP contribution in [0.15, 0.2) is 42.7 Å². The Morgan fingerprint density at radius 3 is 2.56 bits per heavy atom. The summed E-state index contributed by atoms with van der Waals surface area (Å²) in [4.78, 5) is 8.60. The Morgan fingerprint density at radius 2 is 1.88 bits per heavy atom. The molecule has 8 heteroatoms. The van der Waals surface area contributed by atoms with Crippen molar-refractivity contribution in [3.05, 3.63) is 69.9 Å². The van der Waals surface area contributed by atoms with E-state index in [9.17, 15) is 0 Å². The minimum atomic E-state index is 0.344. The molecule has 0 radical (unpaired) electrons. The number of aryl methyl sites for hydroxylation is 2. The van der Waals surface area contributed by atoms with E-state index in [0.29, 0.717) is 41.0 Å². The molecule has 0 spiro atoms. The molecule has 0 aliphatic carbocycles. The Hall–Kier alpha value is -2.96. The number of rotatable bonds is 7. The van der Waals surface area contributed by atoms with Crippen LogP contribution in [0.4, 0.5) is 5.82 Å². The second kappa shape index (κ2) is 9.27. The van der Waals surface area contributed by atoms with Crippen molar-refractivity contribution in [3.63, 3.8) is 0 Å². The molecule has 2 N–H and O–H groups in total. The van der Waals surface area contributed by atoms with E-state index < -0.39 is 0 Å². The first-order valence-corrected chi connectivity index (χ1v) is 11.1. The molecule has 2 aromatic heterocycles. The first kappa shape index (κ1) is 22.2. The van der Waals surface area contributed by atoms with Crippen LogP contribution in [0.5, 0.6) is 11.5 Å². The zero-order valence-corrected chi connectivity index (χ0v) is 19.7. The summed E-state index contributed by atoms with van der Waals surface area (Å²) in [5.74, 6) is 2.77. The topological polar surface area (TPSA) is 74.7 Å². The molecule has 0 bridgehead atoms. The molecule has 4 aromatic rings. The quantitative estimate of drug-likeness (QED) is 0.370. The van der Waals surface area contributed by atoms with Gasteiger partial charge in [0.25, 0.3) is 0 Å². The van der Waals surface area contributed by atoms with Crippen LogP contribution >= 0.6 is 23.2 Å². The van der Waals surface area contributed by atoms with Gasteiger partial charge in [0.15, 0.2) is 11.0 Å². The van der Waals surface area contributed by atoms with E-state index in [1.165, 1.54) is 0 Å². The van der Waals surface area contributed by atoms with Crippen molar-refractivity contribution in [1.29, 1.82) is 0 Å². The van der Waals surface area contributed by atoms with Crippen LogP contribution < -0.4 is 15.2 Å². The van der Waals surface area contributed by atoms with E-state index >= 15 is 0 Å². The van der Waals surface area contributed by atoms with Gasteiger partial charge in [0, 0.05) is 29.4 Å². The lowest BCUT2D eigenvalue weighted by molar-refractivity contribution is 0.337. The van der Waals surface area contributed by atoms with Crippen LogP contribution in [0.1, 0.15) is 23.9 Å². The molecular formula is C24H24Cl2N4O2. The average molecular weight is 471 g/mol. The van der Waals surface area contributed by atoms with Crippen molar-refractivity contribution < 1.29 is 9.47 Å². The summed E-state index contributed by atoms with van der Waals surface area (Å²) in [5, 5.41) is 1.03. The maximum Gasteiger partial charge on any atom is 0.158 e. The van der Waals surface area contributed by atoms with Gasteiger partial charge in [-0.1, -0.05) is 35.3 Å². The number of nitrogen functional groups attached to an aromatic ring is 1. The second-order valence-corrected chi connectivity index (χ2v) is 8.12. The molecule has 0 unspecified atom stereocenters. The first-order chi connectivity index (χ1) is 15.4. The van der Waals surface area contributed by atoms with Crippen LogP contribution in [0.25, 0.3) is 16.6 Å². The maximum atomic E-state index is 6.65. The van der Waals surface area contributed by atoms with E-state index in [4.69, 9.17) is 38.4 Å². The van der Waals surface area contributed by atoms with Gasteiger partial charge < -0.3 is 15.2 Å². The molecule has 0 saturated carbocycles. The Labute approximate surface area is 196 Å². The summed E-state index contributed by atoms with van der Waals surface area (Å²) in [6.45, 7) is 4.52. The minimum absolute atomic E-state index is 0.344. The summed E-state index contributed by atoms with van der Waals surface area (Å²) in [5.41, 5.74) is 10.6. The summed E-state index contributed by atoms with van der Waals surface area (Å²) >= 11 is 13.0. The molecule has 0 amide bonds. The number of ether oxygens (including phenoxy) is 2. The lowest BCUT2D eigenvalue weighted by atomic mass is 9.94. The fourth-order valence-electron chi connectivity index (χ4n) is 3.88. The maximum absolute atomic E-state index is 6.65. The third-order valence-electron chi connectivity index (χ3n) is 5.45. The molecule has 6 nitrogen and oxygen atoms in total. The van der Waals surface area contributed by atoms with Gasteiger partial charge in [-0.25, -0.2) is 9.97 Å². The first-order valence-electron chi connectivity index (χ1n) is 10.3.